The van der Waals surface area contributed by atoms with Crippen molar-refractivity contribution in [2.24, 2.45) is 0 Å². The van der Waals surface area contributed by atoms with E-state index in [2.05, 4.69) is 47.5 Å². The normalized spacial score (nSPS) is 18.3. The van der Waals surface area contributed by atoms with E-state index in [4.69, 9.17) is 16.3 Å². The average molecular weight is 706 g/mol. The van der Waals surface area contributed by atoms with Gasteiger partial charge in [0, 0.05) is 33.6 Å². The molecule has 4 aromatic rings. The average Bonchev–Trinajstić information content (AvgIpc) is 3.77. The van der Waals surface area contributed by atoms with Crippen LogP contribution in [0.15, 0.2) is 48.8 Å². The molecule has 6 rings (SSSR count). The number of halogens is 3. The largest absolute Gasteiger partial charge is 0.453 e. The van der Waals surface area contributed by atoms with E-state index in [0.717, 1.165) is 4.90 Å². The summed E-state index contributed by atoms with van der Waals surface area (Å²) in [5, 5.41) is 30.4. The molecule has 1 saturated heterocycles. The number of methoxy groups -OCH3 is 1. The number of aromatic amines is 1. The fraction of sp³-hybridized carbons (Fsp3) is 0.312. The summed E-state index contributed by atoms with van der Waals surface area (Å²) in [6.45, 7) is -1.37. The summed E-state index contributed by atoms with van der Waals surface area (Å²) < 4.78 is 33.6. The first kappa shape index (κ1) is 34.0. The maximum Gasteiger partial charge on any atom is 0.411 e. The number of aromatic nitrogens is 6. The number of hydrogen-bond donors (Lipinski definition) is 4. The Kier molecular flexibility index (Phi) is 9.72. The Morgan fingerprint density at radius 1 is 1.16 bits per heavy atom. The molecule has 4 N–H and O–H groups in total. The van der Waals surface area contributed by atoms with Crippen LogP contribution in [-0.4, -0.2) is 85.1 Å². The summed E-state index contributed by atoms with van der Waals surface area (Å²) in [6, 6.07) is 10.3. The van der Waals surface area contributed by atoms with Gasteiger partial charge in [0.1, 0.15) is 24.3 Å². The molecule has 0 saturated carbocycles. The Morgan fingerprint density at radius 2 is 1.96 bits per heavy atom. The van der Waals surface area contributed by atoms with Crippen molar-refractivity contribution in [1.29, 1.82) is 5.26 Å². The second-order valence-corrected chi connectivity index (χ2v) is 12.2. The number of benzene rings is 2. The van der Waals surface area contributed by atoms with Crippen LogP contribution in [0.25, 0.3) is 23.0 Å². The zero-order valence-corrected chi connectivity index (χ0v) is 27.2. The van der Waals surface area contributed by atoms with Crippen LogP contribution in [0.3, 0.4) is 0 Å². The molecule has 2 atom stereocenters. The molecule has 50 heavy (non-hydrogen) atoms. The predicted molar refractivity (Wildman–Crippen MR) is 176 cm³/mol. The molecule has 4 heterocycles. The molecule has 15 nitrogen and oxygen atoms in total. The predicted octanol–water partition coefficient (Wildman–Crippen LogP) is 4.46. The van der Waals surface area contributed by atoms with Crippen molar-refractivity contribution in [3.8, 4) is 23.0 Å². The summed E-state index contributed by atoms with van der Waals surface area (Å²) in [6.07, 6.45) is 5.20. The van der Waals surface area contributed by atoms with Gasteiger partial charge in [-0.1, -0.05) is 24.4 Å². The van der Waals surface area contributed by atoms with Gasteiger partial charge < -0.3 is 25.3 Å². The summed E-state index contributed by atoms with van der Waals surface area (Å²) in [5.74, 6) is -3.59. The number of hydrogen-bond acceptors (Lipinski definition) is 10. The zero-order chi connectivity index (χ0) is 35.4. The van der Waals surface area contributed by atoms with Gasteiger partial charge in [0.05, 0.1) is 37.6 Å². The van der Waals surface area contributed by atoms with Crippen molar-refractivity contribution in [2.45, 2.75) is 43.7 Å². The van der Waals surface area contributed by atoms with Gasteiger partial charge in [-0.15, -0.1) is 5.10 Å². The van der Waals surface area contributed by atoms with Crippen molar-refractivity contribution in [2.75, 3.05) is 30.8 Å². The Morgan fingerprint density at radius 3 is 2.68 bits per heavy atom. The van der Waals surface area contributed by atoms with E-state index in [0.29, 0.717) is 58.3 Å². The molecular weight excluding hydrogens is 676 g/mol. The molecule has 2 aliphatic rings. The molecule has 1 fully saturated rings. The molecule has 18 heteroatoms. The molecule has 2 aromatic carbocycles. The summed E-state index contributed by atoms with van der Waals surface area (Å²) >= 11 is 6.21. The molecule has 0 aliphatic carbocycles. The maximum atomic E-state index is 13.7. The first-order chi connectivity index (χ1) is 24.0. The number of nitrogens with one attached hydrogen (secondary N) is 4. The van der Waals surface area contributed by atoms with Crippen molar-refractivity contribution in [1.82, 2.24) is 40.4 Å². The Balaban J connectivity index is 1.32. The molecule has 2 bridgehead atoms. The number of carbonyl (C=O) groups excluding carboxylic acids is 3. The van der Waals surface area contributed by atoms with Crippen molar-refractivity contribution in [3.05, 3.63) is 70.9 Å². The highest BCUT2D eigenvalue weighted by Crippen LogP contribution is 2.36. The van der Waals surface area contributed by atoms with Crippen LogP contribution in [0, 0.1) is 11.3 Å². The fourth-order valence-corrected chi connectivity index (χ4v) is 5.97. The number of imidazole rings is 1. The number of fused-ring (bicyclic) bond motifs is 4. The number of likely N-dealkylation sites (tertiary alicyclic amines) is 1. The standard InChI is InChI=1S/C32H30ClF2N11O4/c1-50-31(49)38-20-8-9-21-24(13-20)39-23(30(48)45-15-32(34,35)16-45)5-3-2-4-22(29-41-25(14-36)28(21)42-29)40-27(47)11-6-18-12-19(33)7-10-26(18)46-17-37-43-44-46/h6-13,17,22-23,39H,2-5,15-16H2,1H3,(H,38,49)(H,40,47)(H,41,42)/b11-6+/t22-,23+/m0/s1. The third-order valence-electron chi connectivity index (χ3n) is 8.21. The lowest BCUT2D eigenvalue weighted by Crippen LogP contribution is -2.61. The smallest absolute Gasteiger partial charge is 0.411 e. The minimum atomic E-state index is -2.95. The van der Waals surface area contributed by atoms with E-state index in [9.17, 15) is 28.4 Å². The number of tetrazole rings is 1. The van der Waals surface area contributed by atoms with Crippen molar-refractivity contribution >= 4 is 47.0 Å². The minimum Gasteiger partial charge on any atom is -0.453 e. The van der Waals surface area contributed by atoms with Gasteiger partial charge in [0.25, 0.3) is 5.92 Å². The highest BCUT2D eigenvalue weighted by atomic mass is 35.5. The lowest BCUT2D eigenvalue weighted by atomic mass is 9.99. The third kappa shape index (κ3) is 7.55. The number of nitrogens with zero attached hydrogens (tertiary/aromatic N) is 7. The number of alkyl halides is 2. The van der Waals surface area contributed by atoms with Gasteiger partial charge >= 0.3 is 6.09 Å². The van der Waals surface area contributed by atoms with Crippen molar-refractivity contribution in [3.63, 3.8) is 0 Å². The summed E-state index contributed by atoms with van der Waals surface area (Å²) in [7, 11) is 1.21. The Bertz CT molecular complexity index is 1990. The van der Waals surface area contributed by atoms with Crippen LogP contribution >= 0.6 is 11.6 Å². The van der Waals surface area contributed by atoms with Crippen molar-refractivity contribution < 1.29 is 27.9 Å². The van der Waals surface area contributed by atoms with Crippen LogP contribution in [0.4, 0.5) is 25.0 Å². The summed E-state index contributed by atoms with van der Waals surface area (Å²) in [5.41, 5.74) is 2.54. The lowest BCUT2D eigenvalue weighted by Gasteiger charge is -2.40. The van der Waals surface area contributed by atoms with E-state index in [-0.39, 0.29) is 17.8 Å². The van der Waals surface area contributed by atoms with Gasteiger partial charge in [0.2, 0.25) is 11.8 Å². The Labute approximate surface area is 288 Å². The Hall–Kier alpha value is -5.89. The second-order valence-electron chi connectivity index (χ2n) is 11.7. The first-order valence-electron chi connectivity index (χ1n) is 15.5. The topological polar surface area (TPSA) is 196 Å². The number of ether oxygens (including phenoxy) is 1. The molecule has 258 valence electrons. The van der Waals surface area contributed by atoms with E-state index >= 15 is 0 Å². The highest BCUT2D eigenvalue weighted by Gasteiger charge is 2.47. The van der Waals surface area contributed by atoms with Gasteiger partial charge in [-0.2, -0.15) is 9.94 Å². The van der Waals surface area contributed by atoms with Crippen LogP contribution in [0.5, 0.6) is 0 Å². The van der Waals surface area contributed by atoms with E-state index in [1.807, 2.05) is 0 Å². The minimum absolute atomic E-state index is 0.0148. The second kappa shape index (κ2) is 14.3. The van der Waals surface area contributed by atoms with Gasteiger partial charge in [-0.25, -0.2) is 18.6 Å². The quantitative estimate of drug-likeness (QED) is 0.208. The molecule has 0 spiro atoms. The first-order valence-corrected chi connectivity index (χ1v) is 15.9. The number of amides is 3. The SMILES string of the molecule is COC(=O)Nc1ccc2c(c1)N[C@@H](C(=O)N1CC(F)(F)C1)CCCC[C@H](NC(=O)/C=C/c1cc(Cl)ccc1-n1cnnn1)c1nc(C#N)c-2[nH]1. The van der Waals surface area contributed by atoms with Gasteiger partial charge in [0.15, 0.2) is 5.69 Å². The molecular formula is C32H30ClF2N11O4. The van der Waals surface area contributed by atoms with Crippen LogP contribution < -0.4 is 16.0 Å². The van der Waals surface area contributed by atoms with E-state index < -0.39 is 49.0 Å². The zero-order valence-electron chi connectivity index (χ0n) is 26.5. The summed E-state index contributed by atoms with van der Waals surface area (Å²) in [4.78, 5) is 47.5. The number of rotatable bonds is 6. The number of carbonyl (C=O) groups is 3. The highest BCUT2D eigenvalue weighted by molar-refractivity contribution is 6.30. The van der Waals surface area contributed by atoms with Crippen LogP contribution in [0.2, 0.25) is 5.02 Å². The number of anilines is 2. The van der Waals surface area contributed by atoms with Gasteiger partial charge in [-0.3, -0.25) is 14.9 Å². The van der Waals surface area contributed by atoms with E-state index in [1.165, 1.54) is 24.2 Å². The molecule has 0 radical (unpaired) electrons. The van der Waals surface area contributed by atoms with Crippen LogP contribution in [0.1, 0.15) is 48.8 Å². The number of H-pyrrole nitrogens is 1. The molecule has 2 aliphatic heterocycles. The molecule has 0 unspecified atom stereocenters. The fourth-order valence-electron chi connectivity index (χ4n) is 5.79. The monoisotopic (exact) mass is 705 g/mol. The number of nitriles is 1. The third-order valence-corrected chi connectivity index (χ3v) is 8.45. The van der Waals surface area contributed by atoms with Crippen LogP contribution in [-0.2, 0) is 14.3 Å². The molecule has 2 aromatic heterocycles. The van der Waals surface area contributed by atoms with E-state index in [1.54, 1.807) is 42.5 Å². The lowest BCUT2D eigenvalue weighted by molar-refractivity contribution is -0.166. The van der Waals surface area contributed by atoms with Gasteiger partial charge in [-0.05, 0) is 65.7 Å². The molecule has 3 amide bonds. The maximum absolute atomic E-state index is 13.7.